The zero-order valence-corrected chi connectivity index (χ0v) is 22.9. The van der Waals surface area contributed by atoms with Gasteiger partial charge in [0.2, 0.25) is 0 Å². The Bertz CT molecular complexity index is 1560. The molecule has 202 valence electrons. The molecule has 0 fully saturated rings. The number of carbonyl (C=O) groups is 3. The second-order valence-corrected chi connectivity index (χ2v) is 12.7. The number of benzene rings is 2. The van der Waals surface area contributed by atoms with Crippen LogP contribution < -0.4 is 5.32 Å². The van der Waals surface area contributed by atoms with E-state index < -0.39 is 39.4 Å². The minimum absolute atomic E-state index is 0.0574. The van der Waals surface area contributed by atoms with Crippen LogP contribution in [0.3, 0.4) is 0 Å². The Morgan fingerprint density at radius 2 is 1.89 bits per heavy atom. The molecule has 0 saturated carbocycles. The third-order valence-electron chi connectivity index (χ3n) is 6.01. The molecule has 1 aliphatic rings. The molecule has 38 heavy (non-hydrogen) atoms. The van der Waals surface area contributed by atoms with Crippen molar-refractivity contribution in [2.45, 2.75) is 56.9 Å². The lowest BCUT2D eigenvalue weighted by Gasteiger charge is -2.31. The van der Waals surface area contributed by atoms with E-state index in [2.05, 4.69) is 5.32 Å². The number of amides is 2. The molecule has 2 amide bonds. The van der Waals surface area contributed by atoms with Crippen LogP contribution in [0.25, 0.3) is 10.9 Å². The first-order valence-corrected chi connectivity index (χ1v) is 14.0. The van der Waals surface area contributed by atoms with Crippen molar-refractivity contribution < 1.29 is 32.6 Å². The lowest BCUT2D eigenvalue weighted by atomic mass is 10.0. The standard InChI is InChI=1S/C26H28ClN3O7S/c1-26(2,3)37-25(34)30-13-16-12-19(27)21(18-8-9-29(14-30)22(16)18)23(31)28-20(24(32)33)11-15-6-5-7-17(10-15)38(4,35)36/h5-10,12,20H,11,13-14H2,1-4H3,(H,28,31)(H,32,33)/t20-/m0/s1. The fourth-order valence-electron chi connectivity index (χ4n) is 4.38. The largest absolute Gasteiger partial charge is 0.480 e. The Labute approximate surface area is 225 Å². The van der Waals surface area contributed by atoms with Crippen molar-refractivity contribution in [1.29, 1.82) is 0 Å². The van der Waals surface area contributed by atoms with Crippen LogP contribution in [0.2, 0.25) is 5.02 Å². The number of aromatic nitrogens is 1. The van der Waals surface area contributed by atoms with Gasteiger partial charge < -0.3 is 19.7 Å². The molecule has 1 aliphatic heterocycles. The van der Waals surface area contributed by atoms with Crippen LogP contribution in [0.4, 0.5) is 4.79 Å². The monoisotopic (exact) mass is 561 g/mol. The number of carbonyl (C=O) groups excluding carboxylic acids is 2. The highest BCUT2D eigenvalue weighted by Gasteiger charge is 2.30. The molecule has 0 saturated heterocycles. The van der Waals surface area contributed by atoms with Gasteiger partial charge in [0.1, 0.15) is 18.3 Å². The first kappa shape index (κ1) is 27.5. The van der Waals surface area contributed by atoms with E-state index in [1.165, 1.54) is 23.1 Å². The molecule has 0 radical (unpaired) electrons. The zero-order chi connectivity index (χ0) is 28.0. The molecule has 0 aliphatic carbocycles. The lowest BCUT2D eigenvalue weighted by Crippen LogP contribution is -2.42. The number of hydrogen-bond donors (Lipinski definition) is 2. The Balaban J connectivity index is 1.60. The van der Waals surface area contributed by atoms with Gasteiger partial charge in [-0.05, 0) is 56.2 Å². The van der Waals surface area contributed by atoms with Crippen molar-refractivity contribution in [2.75, 3.05) is 6.26 Å². The Kier molecular flexibility index (Phi) is 7.19. The van der Waals surface area contributed by atoms with Gasteiger partial charge in [-0.1, -0.05) is 23.7 Å². The van der Waals surface area contributed by atoms with E-state index in [0.29, 0.717) is 16.5 Å². The molecule has 3 aromatic rings. The predicted octanol–water partition coefficient (Wildman–Crippen LogP) is 3.83. The van der Waals surface area contributed by atoms with Gasteiger partial charge >= 0.3 is 12.1 Å². The van der Waals surface area contributed by atoms with Crippen LogP contribution in [-0.2, 0) is 39.0 Å². The van der Waals surface area contributed by atoms with Crippen molar-refractivity contribution in [2.24, 2.45) is 0 Å². The number of carboxylic acid groups (broad SMARTS) is 1. The van der Waals surface area contributed by atoms with E-state index in [0.717, 1.165) is 11.8 Å². The minimum Gasteiger partial charge on any atom is -0.480 e. The summed E-state index contributed by atoms with van der Waals surface area (Å²) < 4.78 is 31.0. The van der Waals surface area contributed by atoms with E-state index in [1.54, 1.807) is 49.7 Å². The molecule has 0 bridgehead atoms. The summed E-state index contributed by atoms with van der Waals surface area (Å²) in [5, 5.41) is 12.9. The maximum atomic E-state index is 13.3. The molecule has 2 N–H and O–H groups in total. The van der Waals surface area contributed by atoms with E-state index in [-0.39, 0.29) is 35.1 Å². The summed E-state index contributed by atoms with van der Waals surface area (Å²) in [4.78, 5) is 39.5. The van der Waals surface area contributed by atoms with E-state index in [9.17, 15) is 27.9 Å². The average Bonchev–Trinajstić information content (AvgIpc) is 3.21. The van der Waals surface area contributed by atoms with Gasteiger partial charge in [0, 0.05) is 24.3 Å². The Morgan fingerprint density at radius 3 is 2.53 bits per heavy atom. The van der Waals surface area contributed by atoms with Crippen LogP contribution in [0.15, 0.2) is 47.5 Å². The van der Waals surface area contributed by atoms with Gasteiger partial charge in [-0.15, -0.1) is 0 Å². The first-order valence-electron chi connectivity index (χ1n) is 11.7. The smallest absolute Gasteiger partial charge is 0.412 e. The summed E-state index contributed by atoms with van der Waals surface area (Å²) in [7, 11) is -3.48. The van der Waals surface area contributed by atoms with Crippen LogP contribution in [0.5, 0.6) is 0 Å². The van der Waals surface area contributed by atoms with Crippen molar-refractivity contribution in [1.82, 2.24) is 14.8 Å². The SMILES string of the molecule is CC(C)(C)OC(=O)N1Cc2cc(Cl)c(C(=O)N[C@@H](Cc3cccc(S(C)(=O)=O)c3)C(=O)O)c3ccn(c23)C1. The lowest BCUT2D eigenvalue weighted by molar-refractivity contribution is -0.139. The second kappa shape index (κ2) is 9.95. The highest BCUT2D eigenvalue weighted by molar-refractivity contribution is 7.90. The van der Waals surface area contributed by atoms with Crippen LogP contribution >= 0.6 is 11.6 Å². The van der Waals surface area contributed by atoms with Gasteiger partial charge in [0.15, 0.2) is 9.84 Å². The van der Waals surface area contributed by atoms with E-state index >= 15 is 0 Å². The van der Waals surface area contributed by atoms with Crippen molar-refractivity contribution in [3.8, 4) is 0 Å². The van der Waals surface area contributed by atoms with Gasteiger partial charge in [0.25, 0.3) is 5.91 Å². The third kappa shape index (κ3) is 5.78. The molecular formula is C26H28ClN3O7S. The summed E-state index contributed by atoms with van der Waals surface area (Å²) in [6, 6.07) is 7.89. The highest BCUT2D eigenvalue weighted by Crippen LogP contribution is 2.34. The van der Waals surface area contributed by atoms with Crippen molar-refractivity contribution in [3.05, 3.63) is 64.3 Å². The van der Waals surface area contributed by atoms with Gasteiger partial charge in [-0.2, -0.15) is 0 Å². The van der Waals surface area contributed by atoms with E-state index in [4.69, 9.17) is 16.3 Å². The molecule has 4 rings (SSSR count). The number of rotatable bonds is 6. The molecule has 0 spiro atoms. The number of carboxylic acids is 1. The minimum atomic E-state index is -3.48. The third-order valence-corrected chi connectivity index (χ3v) is 7.42. The summed E-state index contributed by atoms with van der Waals surface area (Å²) in [5.41, 5.74) is 1.33. The number of nitrogens with zero attached hydrogens (tertiary/aromatic N) is 2. The number of sulfone groups is 1. The predicted molar refractivity (Wildman–Crippen MR) is 141 cm³/mol. The molecule has 2 aromatic carbocycles. The number of hydrogen-bond acceptors (Lipinski definition) is 6. The quantitative estimate of drug-likeness (QED) is 0.467. The molecular weight excluding hydrogens is 534 g/mol. The molecule has 12 heteroatoms. The first-order chi connectivity index (χ1) is 17.6. The molecule has 0 unspecified atom stereocenters. The Morgan fingerprint density at radius 1 is 1.18 bits per heavy atom. The summed E-state index contributed by atoms with van der Waals surface area (Å²) in [6.07, 6.45) is 2.18. The van der Waals surface area contributed by atoms with Gasteiger partial charge in [0.05, 0.1) is 27.5 Å². The van der Waals surface area contributed by atoms with Crippen LogP contribution in [0, 0.1) is 0 Å². The normalized spacial score (nSPS) is 14.3. The summed E-state index contributed by atoms with van der Waals surface area (Å²) >= 11 is 6.52. The Hall–Kier alpha value is -3.57. The molecule has 1 atom stereocenters. The van der Waals surface area contributed by atoms with Crippen molar-refractivity contribution >= 4 is 50.3 Å². The van der Waals surface area contributed by atoms with Gasteiger partial charge in [-0.3, -0.25) is 9.69 Å². The maximum absolute atomic E-state index is 13.3. The fourth-order valence-corrected chi connectivity index (χ4v) is 5.39. The van der Waals surface area contributed by atoms with Crippen molar-refractivity contribution in [3.63, 3.8) is 0 Å². The molecule has 2 heterocycles. The topological polar surface area (TPSA) is 135 Å². The molecule has 1 aromatic heterocycles. The average molecular weight is 562 g/mol. The summed E-state index contributed by atoms with van der Waals surface area (Å²) in [6.45, 7) is 5.79. The number of halogens is 1. The van der Waals surface area contributed by atoms with Gasteiger partial charge in [-0.25, -0.2) is 18.0 Å². The number of ether oxygens (including phenoxy) is 1. The number of nitrogens with one attached hydrogen (secondary N) is 1. The number of aliphatic carboxylic acids is 1. The fraction of sp³-hybridized carbons (Fsp3) is 0.346. The van der Waals surface area contributed by atoms with Crippen LogP contribution in [0.1, 0.15) is 42.3 Å². The van der Waals surface area contributed by atoms with Crippen LogP contribution in [-0.4, -0.2) is 58.9 Å². The second-order valence-electron chi connectivity index (χ2n) is 10.2. The zero-order valence-electron chi connectivity index (χ0n) is 21.3. The van der Waals surface area contributed by atoms with E-state index in [1.807, 2.05) is 0 Å². The summed E-state index contributed by atoms with van der Waals surface area (Å²) in [5.74, 6) is -1.96. The molecule has 10 nitrogen and oxygen atoms in total. The maximum Gasteiger partial charge on any atom is 0.412 e. The highest BCUT2D eigenvalue weighted by atomic mass is 35.5.